The van der Waals surface area contributed by atoms with Crippen molar-refractivity contribution in [2.45, 2.75) is 5.37 Å². The van der Waals surface area contributed by atoms with Crippen molar-refractivity contribution in [3.63, 3.8) is 0 Å². The van der Waals surface area contributed by atoms with Gasteiger partial charge in [-0.05, 0) is 24.3 Å². The van der Waals surface area contributed by atoms with Gasteiger partial charge in [-0.2, -0.15) is 0 Å². The maximum Gasteiger partial charge on any atom is 0.352 e. The Labute approximate surface area is 120 Å². The Kier molecular flexibility index (Phi) is 2.91. The summed E-state index contributed by atoms with van der Waals surface area (Å²) in [5.41, 5.74) is 0.195. The molecular weight excluding hydrogens is 296 g/mol. The number of carbonyl (C=O) groups excluding carboxylic acids is 1. The zero-order chi connectivity index (χ0) is 15.2. The van der Waals surface area contributed by atoms with Gasteiger partial charge in [-0.25, -0.2) is 13.2 Å². The zero-order valence-electron chi connectivity index (χ0n) is 10.6. The molecule has 0 unspecified atom stereocenters. The van der Waals surface area contributed by atoms with Crippen molar-refractivity contribution in [3.05, 3.63) is 47.4 Å². The van der Waals surface area contributed by atoms with E-state index in [2.05, 4.69) is 4.98 Å². The van der Waals surface area contributed by atoms with Crippen LogP contribution in [0.4, 0.5) is 0 Å². The summed E-state index contributed by atoms with van der Waals surface area (Å²) in [4.78, 5) is 27.9. The number of amides is 1. The summed E-state index contributed by atoms with van der Waals surface area (Å²) >= 11 is 0. The Bertz CT molecular complexity index is 795. The molecule has 1 N–H and O–H groups in total. The highest BCUT2D eigenvalue weighted by atomic mass is 32.2. The molecule has 2 aliphatic heterocycles. The van der Waals surface area contributed by atoms with Crippen LogP contribution in [0.15, 0.2) is 41.7 Å². The molecule has 8 heteroatoms. The number of hydrogen-bond donors (Lipinski definition) is 1. The van der Waals surface area contributed by atoms with E-state index in [9.17, 15) is 18.0 Å². The monoisotopic (exact) mass is 306 g/mol. The first-order valence-electron chi connectivity index (χ1n) is 6.03. The number of β-lactam (4-membered cyclic amide) rings is 1. The first-order chi connectivity index (χ1) is 9.92. The maximum absolute atomic E-state index is 12.1. The molecule has 1 fully saturated rings. The fourth-order valence-corrected chi connectivity index (χ4v) is 4.00. The van der Waals surface area contributed by atoms with Gasteiger partial charge in [0.05, 0.1) is 17.0 Å². The van der Waals surface area contributed by atoms with Crippen molar-refractivity contribution in [2.75, 3.05) is 5.75 Å². The Hall–Kier alpha value is -2.48. The highest BCUT2D eigenvalue weighted by Crippen LogP contribution is 2.38. The summed E-state index contributed by atoms with van der Waals surface area (Å²) < 4.78 is 24.1. The van der Waals surface area contributed by atoms with Crippen LogP contribution in [0.5, 0.6) is 0 Å². The van der Waals surface area contributed by atoms with Gasteiger partial charge in [-0.3, -0.25) is 14.7 Å². The summed E-state index contributed by atoms with van der Waals surface area (Å²) in [7, 11) is -3.62. The molecular formula is C13H10N2O5S. The van der Waals surface area contributed by atoms with Crippen LogP contribution < -0.4 is 0 Å². The van der Waals surface area contributed by atoms with E-state index >= 15 is 0 Å². The van der Waals surface area contributed by atoms with Crippen molar-refractivity contribution >= 4 is 27.8 Å². The highest BCUT2D eigenvalue weighted by Gasteiger charge is 2.54. The van der Waals surface area contributed by atoms with Crippen molar-refractivity contribution in [3.8, 4) is 0 Å². The van der Waals surface area contributed by atoms with E-state index in [1.165, 1.54) is 12.3 Å². The van der Waals surface area contributed by atoms with Gasteiger partial charge in [-0.1, -0.05) is 6.07 Å². The Morgan fingerprint density at radius 3 is 2.81 bits per heavy atom. The van der Waals surface area contributed by atoms with Crippen LogP contribution in [-0.2, 0) is 19.4 Å². The van der Waals surface area contributed by atoms with Gasteiger partial charge in [0, 0.05) is 6.20 Å². The summed E-state index contributed by atoms with van der Waals surface area (Å²) in [6, 6.07) is 5.03. The third-order valence-corrected chi connectivity index (χ3v) is 5.06. The van der Waals surface area contributed by atoms with Crippen LogP contribution in [-0.4, -0.2) is 46.4 Å². The van der Waals surface area contributed by atoms with Crippen LogP contribution in [0.3, 0.4) is 0 Å². The Morgan fingerprint density at radius 2 is 2.19 bits per heavy atom. The van der Waals surface area contributed by atoms with Gasteiger partial charge in [-0.15, -0.1) is 0 Å². The number of pyridine rings is 1. The fraction of sp³-hybridized carbons (Fsp3) is 0.154. The van der Waals surface area contributed by atoms with Gasteiger partial charge < -0.3 is 5.11 Å². The minimum atomic E-state index is -3.62. The lowest BCUT2D eigenvalue weighted by Gasteiger charge is -2.43. The standard InChI is InChI=1S/C13H10N2O5S/c16-11-9(7-8-3-1-2-5-14-8)12-15(11)10(13(17)18)4-6-21(12,19)20/h1-5,7,12H,6H2,(H,17,18)/b9-7-/t12-/m1/s1. The lowest BCUT2D eigenvalue weighted by molar-refractivity contribution is -0.141. The molecule has 2 aliphatic rings. The number of carboxylic acid groups (broad SMARTS) is 1. The fourth-order valence-electron chi connectivity index (χ4n) is 2.34. The van der Waals surface area contributed by atoms with Gasteiger partial charge in [0.1, 0.15) is 5.70 Å². The van der Waals surface area contributed by atoms with Gasteiger partial charge in [0.25, 0.3) is 5.91 Å². The molecule has 1 amide bonds. The van der Waals surface area contributed by atoms with Gasteiger partial charge >= 0.3 is 5.97 Å². The SMILES string of the molecule is O=C(O)C1=CCS(=O)(=O)[C@@H]2/C(=C\c3ccccn3)C(=O)N12. The largest absolute Gasteiger partial charge is 0.477 e. The quantitative estimate of drug-likeness (QED) is 0.610. The predicted octanol–water partition coefficient (Wildman–Crippen LogP) is 0.0302. The highest BCUT2D eigenvalue weighted by molar-refractivity contribution is 7.92. The number of carboxylic acids is 1. The number of sulfone groups is 1. The number of nitrogens with zero attached hydrogens (tertiary/aromatic N) is 2. The molecule has 0 bridgehead atoms. The smallest absolute Gasteiger partial charge is 0.352 e. The Morgan fingerprint density at radius 1 is 1.43 bits per heavy atom. The molecule has 0 aromatic carbocycles. The molecule has 0 saturated carbocycles. The van der Waals surface area contributed by atoms with Crippen molar-refractivity contribution < 1.29 is 23.1 Å². The van der Waals surface area contributed by atoms with E-state index in [0.29, 0.717) is 5.69 Å². The topological polar surface area (TPSA) is 105 Å². The van der Waals surface area contributed by atoms with Crippen LogP contribution in [0.1, 0.15) is 5.69 Å². The Balaban J connectivity index is 2.05. The average Bonchev–Trinajstić information content (AvgIpc) is 2.44. The summed E-state index contributed by atoms with van der Waals surface area (Å²) in [5.74, 6) is -2.34. The minimum absolute atomic E-state index is 0.0422. The third kappa shape index (κ3) is 2.04. The average molecular weight is 306 g/mol. The van der Waals surface area contributed by atoms with Crippen LogP contribution >= 0.6 is 0 Å². The molecule has 1 aromatic heterocycles. The molecule has 108 valence electrons. The molecule has 0 spiro atoms. The molecule has 3 rings (SSSR count). The van der Waals surface area contributed by atoms with E-state index in [1.54, 1.807) is 18.2 Å². The van der Waals surface area contributed by atoms with Crippen LogP contribution in [0.25, 0.3) is 6.08 Å². The first-order valence-corrected chi connectivity index (χ1v) is 7.74. The van der Waals surface area contributed by atoms with E-state index < -0.39 is 32.8 Å². The second kappa shape index (κ2) is 4.52. The number of aliphatic carboxylic acids is 1. The second-order valence-electron chi connectivity index (χ2n) is 4.61. The molecule has 21 heavy (non-hydrogen) atoms. The number of carbonyl (C=O) groups is 2. The van der Waals surface area contributed by atoms with E-state index in [4.69, 9.17) is 5.11 Å². The zero-order valence-corrected chi connectivity index (χ0v) is 11.4. The van der Waals surface area contributed by atoms with E-state index in [-0.39, 0.29) is 11.3 Å². The molecule has 0 radical (unpaired) electrons. The molecule has 1 atom stereocenters. The number of rotatable bonds is 2. The summed E-state index contributed by atoms with van der Waals surface area (Å²) in [6.07, 6.45) is 3.95. The first kappa shape index (κ1) is 13.5. The molecule has 3 heterocycles. The van der Waals surface area contributed by atoms with Crippen LogP contribution in [0.2, 0.25) is 0 Å². The number of aromatic nitrogens is 1. The molecule has 1 saturated heterocycles. The van der Waals surface area contributed by atoms with E-state index in [0.717, 1.165) is 11.0 Å². The molecule has 7 nitrogen and oxygen atoms in total. The molecule has 0 aliphatic carbocycles. The molecule has 1 aromatic rings. The van der Waals surface area contributed by atoms with Crippen molar-refractivity contribution in [1.29, 1.82) is 0 Å². The van der Waals surface area contributed by atoms with Crippen molar-refractivity contribution in [2.24, 2.45) is 0 Å². The summed E-state index contributed by atoms with van der Waals surface area (Å²) in [6.45, 7) is 0. The second-order valence-corrected chi connectivity index (χ2v) is 6.71. The van der Waals surface area contributed by atoms with Gasteiger partial charge in [0.15, 0.2) is 15.2 Å². The third-order valence-electron chi connectivity index (χ3n) is 3.29. The number of fused-ring (bicyclic) bond motifs is 1. The minimum Gasteiger partial charge on any atom is -0.477 e. The normalized spacial score (nSPS) is 25.0. The van der Waals surface area contributed by atoms with Crippen molar-refractivity contribution in [1.82, 2.24) is 9.88 Å². The van der Waals surface area contributed by atoms with Gasteiger partial charge in [0.2, 0.25) is 0 Å². The maximum atomic E-state index is 12.1. The summed E-state index contributed by atoms with van der Waals surface area (Å²) in [5, 5.41) is 7.80. The van der Waals surface area contributed by atoms with Crippen LogP contribution in [0, 0.1) is 0 Å². The number of hydrogen-bond acceptors (Lipinski definition) is 5. The van der Waals surface area contributed by atoms with E-state index in [1.807, 2.05) is 0 Å². The lowest BCUT2D eigenvalue weighted by Crippen LogP contribution is -2.61. The lowest BCUT2D eigenvalue weighted by atomic mass is 10.0. The predicted molar refractivity (Wildman–Crippen MR) is 72.4 cm³/mol.